The van der Waals surface area contributed by atoms with Crippen molar-refractivity contribution < 1.29 is 5.11 Å². The first-order chi connectivity index (χ1) is 6.81. The van der Waals surface area contributed by atoms with E-state index in [1.54, 1.807) is 6.07 Å². The molecule has 1 saturated carbocycles. The minimum absolute atomic E-state index is 0.459. The van der Waals surface area contributed by atoms with E-state index in [2.05, 4.69) is 5.32 Å². The molecule has 2 N–H and O–H groups in total. The summed E-state index contributed by atoms with van der Waals surface area (Å²) in [6.45, 7) is 1.10. The van der Waals surface area contributed by atoms with Crippen LogP contribution in [-0.4, -0.2) is 18.7 Å². The molecule has 0 amide bonds. The summed E-state index contributed by atoms with van der Waals surface area (Å²) in [6, 6.07) is 7.69. The number of hydrogen-bond donors (Lipinski definition) is 2. The van der Waals surface area contributed by atoms with Gasteiger partial charge in [-0.15, -0.1) is 0 Å². The van der Waals surface area contributed by atoms with Crippen molar-refractivity contribution in [1.82, 2.24) is 5.32 Å². The highest BCUT2D eigenvalue weighted by Crippen LogP contribution is 2.43. The fraction of sp³-hybridized carbons (Fsp3) is 0.500. The Balaban J connectivity index is 1.96. The second-order valence-corrected chi connectivity index (χ2v) is 4.15. The molecule has 0 bridgehead atoms. The molecule has 1 fully saturated rings. The van der Waals surface area contributed by atoms with Gasteiger partial charge in [-0.1, -0.05) is 18.2 Å². The van der Waals surface area contributed by atoms with Crippen LogP contribution in [0.5, 0.6) is 5.75 Å². The topological polar surface area (TPSA) is 32.3 Å². The van der Waals surface area contributed by atoms with Gasteiger partial charge in [0, 0.05) is 0 Å². The normalized spacial score (nSPS) is 25.8. The second kappa shape index (κ2) is 4.01. The summed E-state index contributed by atoms with van der Waals surface area (Å²) in [4.78, 5) is 0. The predicted octanol–water partition coefficient (Wildman–Crippen LogP) is 2.11. The lowest BCUT2D eigenvalue weighted by Gasteiger charge is -2.35. The molecule has 0 aromatic heterocycles. The van der Waals surface area contributed by atoms with Crippen molar-refractivity contribution in [3.8, 4) is 5.75 Å². The van der Waals surface area contributed by atoms with E-state index >= 15 is 0 Å². The van der Waals surface area contributed by atoms with Crippen molar-refractivity contribution in [2.24, 2.45) is 5.92 Å². The summed E-state index contributed by atoms with van der Waals surface area (Å²) in [7, 11) is 1.99. The number of phenolic OH excluding ortho intramolecular Hbond substituents is 1. The molecular formula is C12H17NO. The Morgan fingerprint density at radius 2 is 2.07 bits per heavy atom. The van der Waals surface area contributed by atoms with Gasteiger partial charge in [0.25, 0.3) is 0 Å². The fourth-order valence-electron chi connectivity index (χ4n) is 2.28. The molecule has 1 aliphatic carbocycles. The number of phenols is 1. The Morgan fingerprint density at radius 3 is 2.71 bits per heavy atom. The largest absolute Gasteiger partial charge is 0.508 e. The maximum atomic E-state index is 9.65. The van der Waals surface area contributed by atoms with Crippen LogP contribution in [0.2, 0.25) is 0 Å². The Labute approximate surface area is 85.0 Å². The minimum Gasteiger partial charge on any atom is -0.508 e. The number of nitrogens with one attached hydrogen (secondary N) is 1. The third-order valence-electron chi connectivity index (χ3n) is 3.11. The molecule has 0 radical (unpaired) electrons. The Kier molecular flexibility index (Phi) is 2.73. The van der Waals surface area contributed by atoms with Crippen molar-refractivity contribution >= 4 is 0 Å². The standard InChI is InChI=1S/C12H17NO/c1-13-8-9-6-10(7-9)11-4-2-3-5-12(11)14/h2-5,9-10,13-14H,6-8H2,1H3. The molecule has 0 heterocycles. The molecule has 14 heavy (non-hydrogen) atoms. The average Bonchev–Trinajstić information content (AvgIpc) is 2.12. The van der Waals surface area contributed by atoms with E-state index in [0.29, 0.717) is 11.7 Å². The summed E-state index contributed by atoms with van der Waals surface area (Å²) in [5, 5.41) is 12.8. The van der Waals surface area contributed by atoms with Crippen LogP contribution >= 0.6 is 0 Å². The van der Waals surface area contributed by atoms with Gasteiger partial charge in [0.1, 0.15) is 5.75 Å². The lowest BCUT2D eigenvalue weighted by molar-refractivity contribution is 0.254. The van der Waals surface area contributed by atoms with Gasteiger partial charge in [0.2, 0.25) is 0 Å². The average molecular weight is 191 g/mol. The molecule has 1 aromatic carbocycles. The van der Waals surface area contributed by atoms with Gasteiger partial charge in [-0.2, -0.15) is 0 Å². The molecule has 0 saturated heterocycles. The van der Waals surface area contributed by atoms with E-state index in [1.165, 1.54) is 12.8 Å². The Hall–Kier alpha value is -1.02. The van der Waals surface area contributed by atoms with Crippen LogP contribution in [0, 0.1) is 5.92 Å². The molecule has 0 unspecified atom stereocenters. The lowest BCUT2D eigenvalue weighted by Crippen LogP contribution is -2.30. The van der Waals surface area contributed by atoms with Crippen LogP contribution in [-0.2, 0) is 0 Å². The number of para-hydroxylation sites is 1. The van der Waals surface area contributed by atoms with Gasteiger partial charge in [0.15, 0.2) is 0 Å². The summed E-state index contributed by atoms with van der Waals surface area (Å²) in [5.74, 6) is 1.83. The van der Waals surface area contributed by atoms with Crippen molar-refractivity contribution in [3.05, 3.63) is 29.8 Å². The van der Waals surface area contributed by atoms with Gasteiger partial charge >= 0.3 is 0 Å². The molecule has 0 atom stereocenters. The number of rotatable bonds is 3. The van der Waals surface area contributed by atoms with E-state index in [9.17, 15) is 5.11 Å². The third kappa shape index (κ3) is 1.75. The van der Waals surface area contributed by atoms with Crippen LogP contribution in [0.4, 0.5) is 0 Å². The first-order valence-electron chi connectivity index (χ1n) is 5.23. The van der Waals surface area contributed by atoms with E-state index in [1.807, 2.05) is 25.2 Å². The summed E-state index contributed by atoms with van der Waals surface area (Å²) < 4.78 is 0. The number of aromatic hydroxyl groups is 1. The summed E-state index contributed by atoms with van der Waals surface area (Å²) >= 11 is 0. The van der Waals surface area contributed by atoms with Crippen LogP contribution < -0.4 is 5.32 Å². The first kappa shape index (κ1) is 9.53. The molecule has 0 aliphatic heterocycles. The second-order valence-electron chi connectivity index (χ2n) is 4.15. The van der Waals surface area contributed by atoms with E-state index in [4.69, 9.17) is 0 Å². The van der Waals surface area contributed by atoms with E-state index in [-0.39, 0.29) is 0 Å². The SMILES string of the molecule is CNCC1CC(c2ccccc2O)C1. The van der Waals surface area contributed by atoms with Crippen molar-refractivity contribution in [2.75, 3.05) is 13.6 Å². The van der Waals surface area contributed by atoms with Crippen LogP contribution in [0.25, 0.3) is 0 Å². The molecule has 2 heteroatoms. The number of hydrogen-bond acceptors (Lipinski definition) is 2. The first-order valence-corrected chi connectivity index (χ1v) is 5.23. The quantitative estimate of drug-likeness (QED) is 0.767. The van der Waals surface area contributed by atoms with Crippen molar-refractivity contribution in [2.45, 2.75) is 18.8 Å². The third-order valence-corrected chi connectivity index (χ3v) is 3.11. The zero-order valence-electron chi connectivity index (χ0n) is 8.53. The zero-order valence-corrected chi connectivity index (χ0v) is 8.53. The zero-order chi connectivity index (χ0) is 9.97. The Bertz CT molecular complexity index is 305. The number of benzene rings is 1. The van der Waals surface area contributed by atoms with Crippen LogP contribution in [0.15, 0.2) is 24.3 Å². The van der Waals surface area contributed by atoms with Crippen LogP contribution in [0.1, 0.15) is 24.3 Å². The minimum atomic E-state index is 0.459. The predicted molar refractivity (Wildman–Crippen MR) is 57.5 cm³/mol. The molecule has 76 valence electrons. The van der Waals surface area contributed by atoms with Gasteiger partial charge in [-0.25, -0.2) is 0 Å². The molecule has 1 aromatic rings. The van der Waals surface area contributed by atoms with Crippen molar-refractivity contribution in [1.29, 1.82) is 0 Å². The smallest absolute Gasteiger partial charge is 0.119 e. The molecule has 2 rings (SSSR count). The molecule has 1 aliphatic rings. The van der Waals surface area contributed by atoms with E-state index < -0.39 is 0 Å². The van der Waals surface area contributed by atoms with E-state index in [0.717, 1.165) is 18.0 Å². The van der Waals surface area contributed by atoms with Crippen LogP contribution in [0.3, 0.4) is 0 Å². The summed E-state index contributed by atoms with van der Waals surface area (Å²) in [6.07, 6.45) is 2.41. The maximum absolute atomic E-state index is 9.65. The highest BCUT2D eigenvalue weighted by Gasteiger charge is 2.30. The Morgan fingerprint density at radius 1 is 1.36 bits per heavy atom. The molecule has 0 spiro atoms. The summed E-state index contributed by atoms with van der Waals surface area (Å²) in [5.41, 5.74) is 1.12. The maximum Gasteiger partial charge on any atom is 0.119 e. The van der Waals surface area contributed by atoms with Gasteiger partial charge in [-0.05, 0) is 49.9 Å². The highest BCUT2D eigenvalue weighted by atomic mass is 16.3. The molecule has 2 nitrogen and oxygen atoms in total. The van der Waals surface area contributed by atoms with Gasteiger partial charge in [0.05, 0.1) is 0 Å². The lowest BCUT2D eigenvalue weighted by atomic mass is 9.71. The highest BCUT2D eigenvalue weighted by molar-refractivity contribution is 5.36. The molecular weight excluding hydrogens is 174 g/mol. The fourth-order valence-corrected chi connectivity index (χ4v) is 2.28. The van der Waals surface area contributed by atoms with Gasteiger partial charge < -0.3 is 10.4 Å². The monoisotopic (exact) mass is 191 g/mol. The van der Waals surface area contributed by atoms with Gasteiger partial charge in [-0.3, -0.25) is 0 Å². The van der Waals surface area contributed by atoms with Crippen molar-refractivity contribution in [3.63, 3.8) is 0 Å².